The van der Waals surface area contributed by atoms with Crippen LogP contribution in [0.1, 0.15) is 28.4 Å². The number of amides is 1. The highest BCUT2D eigenvalue weighted by Crippen LogP contribution is 2.33. The molecule has 5 heteroatoms. The first kappa shape index (κ1) is 15.4. The molecule has 0 radical (unpaired) electrons. The second-order valence-corrected chi connectivity index (χ2v) is 6.27. The molecule has 0 unspecified atom stereocenters. The monoisotopic (exact) mass is 333 g/mol. The van der Waals surface area contributed by atoms with Gasteiger partial charge in [-0.05, 0) is 34.9 Å². The molecule has 1 amide bonds. The number of fused-ring (bicyclic) bond motifs is 1. The fourth-order valence-corrected chi connectivity index (χ4v) is 3.32. The molecule has 1 atom stereocenters. The molecule has 25 heavy (non-hydrogen) atoms. The van der Waals surface area contributed by atoms with Crippen LogP contribution in [0.25, 0.3) is 6.08 Å². The third-order valence-electron chi connectivity index (χ3n) is 4.57. The molecule has 2 aromatic heterocycles. The van der Waals surface area contributed by atoms with Gasteiger partial charge < -0.3 is 9.32 Å². The molecule has 3 heterocycles. The number of hydrogen-bond donors (Lipinski definition) is 0. The predicted octanol–water partition coefficient (Wildman–Crippen LogP) is 3.20. The van der Waals surface area contributed by atoms with Crippen LogP contribution in [0, 0.1) is 0 Å². The van der Waals surface area contributed by atoms with Gasteiger partial charge in [0.15, 0.2) is 0 Å². The first-order chi connectivity index (χ1) is 12.2. The lowest BCUT2D eigenvalue weighted by molar-refractivity contribution is -0.127. The maximum Gasteiger partial charge on any atom is 0.247 e. The third kappa shape index (κ3) is 3.13. The van der Waals surface area contributed by atoms with Crippen molar-refractivity contribution in [3.8, 4) is 0 Å². The second-order valence-electron chi connectivity index (χ2n) is 6.27. The van der Waals surface area contributed by atoms with Crippen LogP contribution in [-0.2, 0) is 18.4 Å². The van der Waals surface area contributed by atoms with Gasteiger partial charge in [-0.25, -0.2) is 0 Å². The molecular weight excluding hydrogens is 314 g/mol. The zero-order valence-electron chi connectivity index (χ0n) is 14.0. The average Bonchev–Trinajstić information content (AvgIpc) is 3.30. The van der Waals surface area contributed by atoms with Crippen LogP contribution in [0.15, 0.2) is 65.5 Å². The van der Waals surface area contributed by atoms with Crippen LogP contribution in [0.2, 0.25) is 0 Å². The molecule has 1 aliphatic heterocycles. The maximum atomic E-state index is 12.7. The zero-order valence-corrected chi connectivity index (χ0v) is 14.0. The molecule has 0 spiro atoms. The van der Waals surface area contributed by atoms with E-state index in [4.69, 9.17) is 4.42 Å². The lowest BCUT2D eigenvalue weighted by atomic mass is 9.86. The highest BCUT2D eigenvalue weighted by Gasteiger charge is 2.28. The van der Waals surface area contributed by atoms with E-state index < -0.39 is 0 Å². The van der Waals surface area contributed by atoms with E-state index in [-0.39, 0.29) is 11.8 Å². The molecule has 1 aliphatic rings. The van der Waals surface area contributed by atoms with E-state index in [1.807, 2.05) is 36.5 Å². The summed E-state index contributed by atoms with van der Waals surface area (Å²) < 4.78 is 7.05. The Labute approximate surface area is 146 Å². The first-order valence-corrected chi connectivity index (χ1v) is 8.27. The Kier molecular flexibility index (Phi) is 3.98. The summed E-state index contributed by atoms with van der Waals surface area (Å²) in [4.78, 5) is 14.5. The van der Waals surface area contributed by atoms with Crippen LogP contribution >= 0.6 is 0 Å². The number of benzene rings is 1. The Balaban J connectivity index is 1.62. The summed E-state index contributed by atoms with van der Waals surface area (Å²) in [5.41, 5.74) is 3.58. The van der Waals surface area contributed by atoms with E-state index in [2.05, 4.69) is 23.3 Å². The van der Waals surface area contributed by atoms with E-state index in [0.717, 1.165) is 5.56 Å². The van der Waals surface area contributed by atoms with Gasteiger partial charge in [-0.15, -0.1) is 0 Å². The predicted molar refractivity (Wildman–Crippen MR) is 94.7 cm³/mol. The third-order valence-corrected chi connectivity index (χ3v) is 4.57. The van der Waals surface area contributed by atoms with Crippen molar-refractivity contribution in [1.29, 1.82) is 0 Å². The number of furan rings is 1. The maximum absolute atomic E-state index is 12.7. The van der Waals surface area contributed by atoms with Crippen molar-refractivity contribution in [3.63, 3.8) is 0 Å². The van der Waals surface area contributed by atoms with Crippen molar-refractivity contribution < 1.29 is 9.21 Å². The SMILES string of the molecule is Cn1cc([C@H]2CN(C(=O)/C=C/c3ccco3)Cc3ccccc32)cn1. The Morgan fingerprint density at radius 2 is 2.16 bits per heavy atom. The Morgan fingerprint density at radius 3 is 2.92 bits per heavy atom. The molecule has 4 rings (SSSR count). The summed E-state index contributed by atoms with van der Waals surface area (Å²) in [6.45, 7) is 1.26. The van der Waals surface area contributed by atoms with Crippen molar-refractivity contribution in [2.45, 2.75) is 12.5 Å². The van der Waals surface area contributed by atoms with E-state index >= 15 is 0 Å². The quantitative estimate of drug-likeness (QED) is 0.692. The topological polar surface area (TPSA) is 51.3 Å². The van der Waals surface area contributed by atoms with Gasteiger partial charge in [0, 0.05) is 38.3 Å². The Bertz CT molecular complexity index is 909. The smallest absolute Gasteiger partial charge is 0.247 e. The van der Waals surface area contributed by atoms with Gasteiger partial charge in [-0.1, -0.05) is 24.3 Å². The molecule has 0 bridgehead atoms. The molecular formula is C20H19N3O2. The number of rotatable bonds is 3. The normalized spacial score (nSPS) is 17.0. The van der Waals surface area contributed by atoms with Gasteiger partial charge in [0.05, 0.1) is 12.5 Å². The molecule has 0 saturated carbocycles. The van der Waals surface area contributed by atoms with Crippen molar-refractivity contribution >= 4 is 12.0 Å². The number of carbonyl (C=O) groups is 1. The Morgan fingerprint density at radius 1 is 1.28 bits per heavy atom. The van der Waals surface area contributed by atoms with E-state index in [9.17, 15) is 4.79 Å². The number of aryl methyl sites for hydroxylation is 1. The van der Waals surface area contributed by atoms with Crippen LogP contribution in [0.3, 0.4) is 0 Å². The fraction of sp³-hybridized carbons (Fsp3) is 0.200. The first-order valence-electron chi connectivity index (χ1n) is 8.27. The number of carbonyl (C=O) groups excluding carboxylic acids is 1. The van der Waals surface area contributed by atoms with Crippen LogP contribution in [0.5, 0.6) is 0 Å². The molecule has 0 aliphatic carbocycles. The summed E-state index contributed by atoms with van der Waals surface area (Å²) in [6.07, 6.45) is 8.79. The van der Waals surface area contributed by atoms with Crippen LogP contribution in [-0.4, -0.2) is 27.1 Å². The Hall–Kier alpha value is -3.08. The molecule has 5 nitrogen and oxygen atoms in total. The van der Waals surface area contributed by atoms with Crippen LogP contribution < -0.4 is 0 Å². The van der Waals surface area contributed by atoms with Gasteiger partial charge in [-0.2, -0.15) is 5.10 Å². The molecule has 0 fully saturated rings. The van der Waals surface area contributed by atoms with Gasteiger partial charge in [0.2, 0.25) is 5.91 Å². The summed E-state index contributed by atoms with van der Waals surface area (Å²) >= 11 is 0. The van der Waals surface area contributed by atoms with Gasteiger partial charge >= 0.3 is 0 Å². The minimum absolute atomic E-state index is 0.0141. The highest BCUT2D eigenvalue weighted by atomic mass is 16.3. The second kappa shape index (κ2) is 6.43. The highest BCUT2D eigenvalue weighted by molar-refractivity contribution is 5.91. The van der Waals surface area contributed by atoms with Crippen LogP contribution in [0.4, 0.5) is 0 Å². The standard InChI is InChI=1S/C20H19N3O2/c1-22-12-16(11-21-22)19-14-23(13-15-5-2-3-7-18(15)19)20(24)9-8-17-6-4-10-25-17/h2-12,19H,13-14H2,1H3/b9-8+/t19-/m1/s1. The summed E-state index contributed by atoms with van der Waals surface area (Å²) in [6, 6.07) is 11.9. The lowest BCUT2D eigenvalue weighted by Crippen LogP contribution is -2.37. The molecule has 0 N–H and O–H groups in total. The van der Waals surface area contributed by atoms with Crippen molar-refractivity contribution in [2.24, 2.45) is 7.05 Å². The van der Waals surface area contributed by atoms with E-state index in [1.165, 1.54) is 11.1 Å². The van der Waals surface area contributed by atoms with Crippen molar-refractivity contribution in [2.75, 3.05) is 6.54 Å². The average molecular weight is 333 g/mol. The minimum atomic E-state index is -0.0141. The van der Waals surface area contributed by atoms with Gasteiger partial charge in [0.1, 0.15) is 5.76 Å². The molecule has 3 aromatic rings. The molecule has 1 aromatic carbocycles. The van der Waals surface area contributed by atoms with E-state index in [1.54, 1.807) is 29.2 Å². The number of aromatic nitrogens is 2. The zero-order chi connectivity index (χ0) is 17.2. The van der Waals surface area contributed by atoms with Crippen molar-refractivity contribution in [3.05, 3.63) is 83.6 Å². The van der Waals surface area contributed by atoms with Gasteiger partial charge in [0.25, 0.3) is 0 Å². The summed E-state index contributed by atoms with van der Waals surface area (Å²) in [5, 5.41) is 4.29. The van der Waals surface area contributed by atoms with E-state index in [0.29, 0.717) is 18.8 Å². The fourth-order valence-electron chi connectivity index (χ4n) is 3.32. The number of nitrogens with zero attached hydrogens (tertiary/aromatic N) is 3. The van der Waals surface area contributed by atoms with Gasteiger partial charge in [-0.3, -0.25) is 9.48 Å². The largest absolute Gasteiger partial charge is 0.465 e. The molecule has 126 valence electrons. The van der Waals surface area contributed by atoms with Crippen molar-refractivity contribution in [1.82, 2.24) is 14.7 Å². The number of hydrogen-bond acceptors (Lipinski definition) is 3. The summed E-state index contributed by atoms with van der Waals surface area (Å²) in [7, 11) is 1.91. The minimum Gasteiger partial charge on any atom is -0.465 e. The summed E-state index contributed by atoms with van der Waals surface area (Å²) in [5.74, 6) is 0.800. The molecule has 0 saturated heterocycles. The lowest BCUT2D eigenvalue weighted by Gasteiger charge is -2.34.